The van der Waals surface area contributed by atoms with Crippen LogP contribution >= 0.6 is 0 Å². The molecule has 0 aliphatic rings. The minimum atomic E-state index is -0.515. The van der Waals surface area contributed by atoms with Gasteiger partial charge in [0, 0.05) is 5.56 Å². The third-order valence-electron chi connectivity index (χ3n) is 3.09. The van der Waals surface area contributed by atoms with Gasteiger partial charge in [0.2, 0.25) is 0 Å². The number of rotatable bonds is 6. The van der Waals surface area contributed by atoms with Gasteiger partial charge in [-0.1, -0.05) is 18.2 Å². The van der Waals surface area contributed by atoms with Crippen LogP contribution in [0.15, 0.2) is 54.6 Å². The first kappa shape index (κ1) is 18.0. The SMILES string of the molecule is CCOC(=O)c1ccc(OCC(=O)NNC(=O)c2ccccc2)cc1. The quantitative estimate of drug-likeness (QED) is 0.616. The van der Waals surface area contributed by atoms with Crippen molar-refractivity contribution in [3.63, 3.8) is 0 Å². The van der Waals surface area contributed by atoms with Crippen molar-refractivity contribution in [2.75, 3.05) is 13.2 Å². The lowest BCUT2D eigenvalue weighted by molar-refractivity contribution is -0.123. The Balaban J connectivity index is 1.76. The summed E-state index contributed by atoms with van der Waals surface area (Å²) in [7, 11) is 0. The zero-order valence-electron chi connectivity index (χ0n) is 13.7. The Morgan fingerprint density at radius 3 is 2.20 bits per heavy atom. The van der Waals surface area contributed by atoms with E-state index < -0.39 is 17.8 Å². The van der Waals surface area contributed by atoms with Gasteiger partial charge >= 0.3 is 5.97 Å². The molecule has 0 aromatic heterocycles. The predicted molar refractivity (Wildman–Crippen MR) is 89.9 cm³/mol. The van der Waals surface area contributed by atoms with Crippen LogP contribution in [0.4, 0.5) is 0 Å². The third kappa shape index (κ3) is 5.65. The van der Waals surface area contributed by atoms with E-state index in [1.807, 2.05) is 0 Å². The van der Waals surface area contributed by atoms with Gasteiger partial charge in [0.1, 0.15) is 5.75 Å². The van der Waals surface area contributed by atoms with Crippen LogP contribution in [-0.2, 0) is 9.53 Å². The fourth-order valence-corrected chi connectivity index (χ4v) is 1.87. The second-order valence-electron chi connectivity index (χ2n) is 4.90. The summed E-state index contributed by atoms with van der Waals surface area (Å²) in [6, 6.07) is 14.7. The second kappa shape index (κ2) is 9.07. The van der Waals surface area contributed by atoms with Crippen LogP contribution < -0.4 is 15.6 Å². The highest BCUT2D eigenvalue weighted by Crippen LogP contribution is 2.12. The fourth-order valence-electron chi connectivity index (χ4n) is 1.87. The maximum absolute atomic E-state index is 11.8. The summed E-state index contributed by atoms with van der Waals surface area (Å²) in [5.41, 5.74) is 5.38. The second-order valence-corrected chi connectivity index (χ2v) is 4.90. The highest BCUT2D eigenvalue weighted by molar-refractivity contribution is 5.95. The molecular weight excluding hydrogens is 324 g/mol. The monoisotopic (exact) mass is 342 g/mol. The molecule has 2 aromatic rings. The first-order valence-electron chi connectivity index (χ1n) is 7.64. The lowest BCUT2D eigenvalue weighted by atomic mass is 10.2. The van der Waals surface area contributed by atoms with Gasteiger partial charge in [-0.15, -0.1) is 0 Å². The summed E-state index contributed by atoms with van der Waals surface area (Å²) in [6.07, 6.45) is 0. The summed E-state index contributed by atoms with van der Waals surface area (Å²) in [5, 5.41) is 0. The van der Waals surface area contributed by atoms with E-state index in [4.69, 9.17) is 9.47 Å². The molecule has 0 fully saturated rings. The van der Waals surface area contributed by atoms with Crippen molar-refractivity contribution >= 4 is 17.8 Å². The van der Waals surface area contributed by atoms with Crippen LogP contribution in [-0.4, -0.2) is 31.0 Å². The Labute approximate surface area is 144 Å². The number of carbonyl (C=O) groups is 3. The summed E-state index contributed by atoms with van der Waals surface area (Å²) in [5.74, 6) is -0.945. The molecule has 0 saturated heterocycles. The zero-order chi connectivity index (χ0) is 18.1. The highest BCUT2D eigenvalue weighted by atomic mass is 16.5. The lowest BCUT2D eigenvalue weighted by Crippen LogP contribution is -2.43. The number of amides is 2. The first-order chi connectivity index (χ1) is 12.1. The van der Waals surface area contributed by atoms with E-state index in [1.165, 1.54) is 0 Å². The molecule has 0 radical (unpaired) electrons. The molecule has 2 rings (SSSR count). The van der Waals surface area contributed by atoms with E-state index in [0.29, 0.717) is 23.5 Å². The van der Waals surface area contributed by atoms with Crippen molar-refractivity contribution in [3.8, 4) is 5.75 Å². The van der Waals surface area contributed by atoms with E-state index in [9.17, 15) is 14.4 Å². The van der Waals surface area contributed by atoms with Crippen LogP contribution in [0, 0.1) is 0 Å². The summed E-state index contributed by atoms with van der Waals surface area (Å²) < 4.78 is 10.2. The van der Waals surface area contributed by atoms with Gasteiger partial charge in [-0.2, -0.15) is 0 Å². The van der Waals surface area contributed by atoms with Gasteiger partial charge in [0.25, 0.3) is 11.8 Å². The van der Waals surface area contributed by atoms with Crippen LogP contribution in [0.1, 0.15) is 27.6 Å². The number of esters is 1. The standard InChI is InChI=1S/C18H18N2O5/c1-2-24-18(23)14-8-10-15(11-9-14)25-12-16(21)19-20-17(22)13-6-4-3-5-7-13/h3-11H,2,12H2,1H3,(H,19,21)(H,20,22). The van der Waals surface area contributed by atoms with Gasteiger partial charge in [0.05, 0.1) is 12.2 Å². The van der Waals surface area contributed by atoms with Gasteiger partial charge in [0.15, 0.2) is 6.61 Å². The summed E-state index contributed by atoms with van der Waals surface area (Å²) >= 11 is 0. The molecule has 7 nitrogen and oxygen atoms in total. The normalized spacial score (nSPS) is 9.80. The predicted octanol–water partition coefficient (Wildman–Crippen LogP) is 1.70. The van der Waals surface area contributed by atoms with Crippen molar-refractivity contribution in [1.29, 1.82) is 0 Å². The van der Waals surface area contributed by atoms with E-state index >= 15 is 0 Å². The van der Waals surface area contributed by atoms with E-state index in [-0.39, 0.29) is 6.61 Å². The minimum absolute atomic E-state index is 0.284. The maximum Gasteiger partial charge on any atom is 0.338 e. The molecular formula is C18H18N2O5. The topological polar surface area (TPSA) is 93.7 Å². The summed E-state index contributed by atoms with van der Waals surface area (Å²) in [4.78, 5) is 35.0. The fraction of sp³-hybridized carbons (Fsp3) is 0.167. The molecule has 0 saturated carbocycles. The zero-order valence-corrected chi connectivity index (χ0v) is 13.7. The molecule has 0 spiro atoms. The molecule has 0 aliphatic heterocycles. The van der Waals surface area contributed by atoms with Crippen molar-refractivity contribution in [2.45, 2.75) is 6.92 Å². The van der Waals surface area contributed by atoms with Crippen LogP contribution in [0.25, 0.3) is 0 Å². The molecule has 0 unspecified atom stereocenters. The first-order valence-corrected chi connectivity index (χ1v) is 7.64. The molecule has 7 heteroatoms. The minimum Gasteiger partial charge on any atom is -0.484 e. The maximum atomic E-state index is 11.8. The van der Waals surface area contributed by atoms with Crippen LogP contribution in [0.2, 0.25) is 0 Å². The Morgan fingerprint density at radius 2 is 1.56 bits per heavy atom. The Hall–Kier alpha value is -3.35. The molecule has 25 heavy (non-hydrogen) atoms. The molecule has 0 aliphatic carbocycles. The molecule has 0 atom stereocenters. The number of nitrogens with one attached hydrogen (secondary N) is 2. The Morgan fingerprint density at radius 1 is 0.880 bits per heavy atom. The van der Waals surface area contributed by atoms with Crippen molar-refractivity contribution in [2.24, 2.45) is 0 Å². The number of carbonyl (C=O) groups excluding carboxylic acids is 3. The van der Waals surface area contributed by atoms with Gasteiger partial charge in [-0.25, -0.2) is 4.79 Å². The van der Waals surface area contributed by atoms with Crippen molar-refractivity contribution in [3.05, 3.63) is 65.7 Å². The van der Waals surface area contributed by atoms with Crippen molar-refractivity contribution in [1.82, 2.24) is 10.9 Å². The van der Waals surface area contributed by atoms with E-state index in [1.54, 1.807) is 61.5 Å². The van der Waals surface area contributed by atoms with Crippen LogP contribution in [0.5, 0.6) is 5.75 Å². The smallest absolute Gasteiger partial charge is 0.338 e. The average molecular weight is 342 g/mol. The molecule has 2 aromatic carbocycles. The molecule has 130 valence electrons. The number of hydrogen-bond acceptors (Lipinski definition) is 5. The van der Waals surface area contributed by atoms with Gasteiger partial charge in [-0.05, 0) is 43.3 Å². The van der Waals surface area contributed by atoms with Gasteiger partial charge < -0.3 is 9.47 Å². The third-order valence-corrected chi connectivity index (χ3v) is 3.09. The average Bonchev–Trinajstić information content (AvgIpc) is 2.65. The largest absolute Gasteiger partial charge is 0.484 e. The lowest BCUT2D eigenvalue weighted by Gasteiger charge is -2.09. The summed E-state index contributed by atoms with van der Waals surface area (Å²) in [6.45, 7) is 1.74. The molecule has 2 N–H and O–H groups in total. The van der Waals surface area contributed by atoms with E-state index in [2.05, 4.69) is 10.9 Å². The number of benzene rings is 2. The number of hydrogen-bond donors (Lipinski definition) is 2. The molecule has 0 bridgehead atoms. The number of hydrazine groups is 1. The number of ether oxygens (including phenoxy) is 2. The van der Waals surface area contributed by atoms with E-state index in [0.717, 1.165) is 0 Å². The van der Waals surface area contributed by atoms with Gasteiger partial charge in [-0.3, -0.25) is 20.4 Å². The Kier molecular flexibility index (Phi) is 6.53. The Bertz CT molecular complexity index is 729. The molecule has 0 heterocycles. The highest BCUT2D eigenvalue weighted by Gasteiger charge is 2.09. The molecule has 2 amide bonds. The van der Waals surface area contributed by atoms with Crippen LogP contribution in [0.3, 0.4) is 0 Å². The van der Waals surface area contributed by atoms with Crippen molar-refractivity contribution < 1.29 is 23.9 Å².